The fourth-order valence-corrected chi connectivity index (χ4v) is 3.58. The van der Waals surface area contributed by atoms with E-state index < -0.39 is 4.92 Å². The first kappa shape index (κ1) is 22.2. The molecule has 0 spiro atoms. The molecule has 1 aromatic heterocycles. The molecule has 3 rings (SSSR count). The van der Waals surface area contributed by atoms with Crippen molar-refractivity contribution < 1.29 is 9.72 Å². The fourth-order valence-electron chi connectivity index (χ4n) is 3.58. The summed E-state index contributed by atoms with van der Waals surface area (Å²) >= 11 is 0. The Morgan fingerprint density at radius 2 is 2.03 bits per heavy atom. The second-order valence-corrected chi connectivity index (χ2v) is 7.93. The number of nitrogens with one attached hydrogen (secondary N) is 2. The molecule has 0 saturated heterocycles. The van der Waals surface area contributed by atoms with Crippen LogP contribution in [0, 0.1) is 16.0 Å². The molecule has 0 bridgehead atoms. The lowest BCUT2D eigenvalue weighted by Crippen LogP contribution is -2.33. The van der Waals surface area contributed by atoms with Gasteiger partial charge in [0.25, 0.3) is 5.69 Å². The van der Waals surface area contributed by atoms with Gasteiger partial charge in [-0.15, -0.1) is 0 Å². The maximum atomic E-state index is 12.1. The Morgan fingerprint density at radius 3 is 2.74 bits per heavy atom. The van der Waals surface area contributed by atoms with Crippen molar-refractivity contribution in [2.24, 2.45) is 5.92 Å². The number of non-ortho nitro benzene ring substituents is 1. The van der Waals surface area contributed by atoms with Gasteiger partial charge in [0.2, 0.25) is 11.9 Å². The summed E-state index contributed by atoms with van der Waals surface area (Å²) in [4.78, 5) is 33.2. The van der Waals surface area contributed by atoms with Crippen molar-refractivity contribution in [3.05, 3.63) is 58.3 Å². The van der Waals surface area contributed by atoms with E-state index in [9.17, 15) is 14.9 Å². The molecule has 9 nitrogen and oxygen atoms in total. The lowest BCUT2D eigenvalue weighted by atomic mass is 9.86. The number of aromatic nitrogens is 2. The number of rotatable bonds is 8. The minimum absolute atomic E-state index is 0.00627. The van der Waals surface area contributed by atoms with Gasteiger partial charge >= 0.3 is 0 Å². The van der Waals surface area contributed by atoms with Crippen molar-refractivity contribution in [1.82, 2.24) is 15.3 Å². The Hall–Kier alpha value is -3.49. The monoisotopic (exact) mass is 424 g/mol. The standard InChI is InChI=1S/C22H28N6O3/c1-27(2)20-12-13-23-22(26-20)25-18-9-6-17(7-10-18)15-24-21(29)11-8-16-4-3-5-19(14-16)28(30)31/h3-5,8,11-14,17-18H,6-7,9-10,15H2,1-2H3,(H,24,29)(H,23,25,26)/b11-8+/t17-,18+. The number of hydrogen-bond donors (Lipinski definition) is 2. The van der Waals surface area contributed by atoms with Crippen LogP contribution in [0.5, 0.6) is 0 Å². The van der Waals surface area contributed by atoms with Gasteiger partial charge in [0.15, 0.2) is 0 Å². The van der Waals surface area contributed by atoms with Crippen molar-refractivity contribution in [2.75, 3.05) is 30.9 Å². The molecule has 0 radical (unpaired) electrons. The number of benzene rings is 1. The number of nitro groups is 1. The Kier molecular flexibility index (Phi) is 7.53. The molecule has 0 aliphatic heterocycles. The first-order valence-electron chi connectivity index (χ1n) is 10.4. The average molecular weight is 425 g/mol. The number of nitrogens with zero attached hydrogens (tertiary/aromatic N) is 4. The predicted molar refractivity (Wildman–Crippen MR) is 121 cm³/mol. The molecule has 1 saturated carbocycles. The maximum absolute atomic E-state index is 12.1. The van der Waals surface area contributed by atoms with Crippen LogP contribution in [0.1, 0.15) is 31.2 Å². The third-order valence-electron chi connectivity index (χ3n) is 5.35. The normalized spacial score (nSPS) is 18.5. The van der Waals surface area contributed by atoms with Crippen LogP contribution in [0.3, 0.4) is 0 Å². The lowest BCUT2D eigenvalue weighted by Gasteiger charge is -2.29. The topological polar surface area (TPSA) is 113 Å². The number of amides is 1. The van der Waals surface area contributed by atoms with Crippen LogP contribution in [0.25, 0.3) is 6.08 Å². The molecular weight excluding hydrogens is 396 g/mol. The molecule has 9 heteroatoms. The van der Waals surface area contributed by atoms with E-state index in [-0.39, 0.29) is 11.6 Å². The Morgan fingerprint density at radius 1 is 1.26 bits per heavy atom. The van der Waals surface area contributed by atoms with Crippen molar-refractivity contribution in [2.45, 2.75) is 31.7 Å². The van der Waals surface area contributed by atoms with Crippen LogP contribution < -0.4 is 15.5 Å². The molecule has 2 aromatic rings. The minimum atomic E-state index is -0.451. The van der Waals surface area contributed by atoms with E-state index in [1.165, 1.54) is 18.2 Å². The highest BCUT2D eigenvalue weighted by Crippen LogP contribution is 2.25. The molecule has 1 heterocycles. The van der Waals surface area contributed by atoms with Crippen molar-refractivity contribution >= 4 is 29.4 Å². The van der Waals surface area contributed by atoms with E-state index in [0.717, 1.165) is 31.5 Å². The van der Waals surface area contributed by atoms with E-state index in [2.05, 4.69) is 20.6 Å². The lowest BCUT2D eigenvalue weighted by molar-refractivity contribution is -0.384. The number of carbonyl (C=O) groups is 1. The van der Waals surface area contributed by atoms with Gasteiger partial charge in [0.1, 0.15) is 5.82 Å². The summed E-state index contributed by atoms with van der Waals surface area (Å²) in [5.41, 5.74) is 0.628. The van der Waals surface area contributed by atoms with Crippen LogP contribution >= 0.6 is 0 Å². The Labute approximate surface area is 181 Å². The molecule has 0 unspecified atom stereocenters. The number of carbonyl (C=O) groups excluding carboxylic acids is 1. The van der Waals surface area contributed by atoms with Crippen LogP contribution in [0.4, 0.5) is 17.5 Å². The van der Waals surface area contributed by atoms with Gasteiger partial charge < -0.3 is 15.5 Å². The third kappa shape index (κ3) is 6.77. The molecule has 1 aromatic carbocycles. The first-order chi connectivity index (χ1) is 14.9. The molecule has 31 heavy (non-hydrogen) atoms. The van der Waals surface area contributed by atoms with Crippen molar-refractivity contribution in [3.63, 3.8) is 0 Å². The van der Waals surface area contributed by atoms with Gasteiger partial charge in [-0.05, 0) is 49.3 Å². The van der Waals surface area contributed by atoms with Gasteiger partial charge in [-0.2, -0.15) is 4.98 Å². The smallest absolute Gasteiger partial charge is 0.270 e. The molecule has 1 aliphatic carbocycles. The van der Waals surface area contributed by atoms with Crippen molar-refractivity contribution in [3.8, 4) is 0 Å². The van der Waals surface area contributed by atoms with Crippen molar-refractivity contribution in [1.29, 1.82) is 0 Å². The van der Waals surface area contributed by atoms with Gasteiger partial charge in [0, 0.05) is 51.1 Å². The summed E-state index contributed by atoms with van der Waals surface area (Å²) in [5, 5.41) is 17.2. The summed E-state index contributed by atoms with van der Waals surface area (Å²) in [6.45, 7) is 0.622. The maximum Gasteiger partial charge on any atom is 0.270 e. The molecule has 164 valence electrons. The summed E-state index contributed by atoms with van der Waals surface area (Å²) in [7, 11) is 3.90. The number of anilines is 2. The second-order valence-electron chi connectivity index (χ2n) is 7.93. The summed E-state index contributed by atoms with van der Waals surface area (Å²) in [6.07, 6.45) is 8.79. The van der Waals surface area contributed by atoms with Gasteiger partial charge in [-0.1, -0.05) is 12.1 Å². The average Bonchev–Trinajstić information content (AvgIpc) is 2.77. The summed E-state index contributed by atoms with van der Waals surface area (Å²) < 4.78 is 0. The van der Waals surface area contributed by atoms with E-state index in [4.69, 9.17) is 0 Å². The largest absolute Gasteiger partial charge is 0.363 e. The first-order valence-corrected chi connectivity index (χ1v) is 10.4. The fraction of sp³-hybridized carbons (Fsp3) is 0.409. The highest BCUT2D eigenvalue weighted by atomic mass is 16.6. The molecule has 1 amide bonds. The predicted octanol–water partition coefficient (Wildman–Crippen LogP) is 3.25. The zero-order valence-electron chi connectivity index (χ0n) is 17.8. The second kappa shape index (κ2) is 10.5. The van der Waals surface area contributed by atoms with Crippen LogP contribution in [-0.2, 0) is 4.79 Å². The van der Waals surface area contributed by atoms with E-state index in [1.54, 1.807) is 24.4 Å². The highest BCUT2D eigenvalue weighted by molar-refractivity contribution is 5.91. The van der Waals surface area contributed by atoms with E-state index in [0.29, 0.717) is 30.0 Å². The SMILES string of the molecule is CN(C)c1ccnc(N[C@H]2CC[C@@H](CNC(=O)/C=C/c3cccc([N+](=O)[O-])c3)CC2)n1. The van der Waals surface area contributed by atoms with E-state index in [1.807, 2.05) is 25.1 Å². The zero-order valence-corrected chi connectivity index (χ0v) is 17.8. The van der Waals surface area contributed by atoms with E-state index >= 15 is 0 Å². The third-order valence-corrected chi connectivity index (χ3v) is 5.35. The zero-order chi connectivity index (χ0) is 22.2. The molecule has 0 atom stereocenters. The number of nitro benzene ring substituents is 1. The Balaban J connectivity index is 1.41. The van der Waals surface area contributed by atoms with Gasteiger partial charge in [-0.3, -0.25) is 14.9 Å². The highest BCUT2D eigenvalue weighted by Gasteiger charge is 2.22. The Bertz CT molecular complexity index is 938. The summed E-state index contributed by atoms with van der Waals surface area (Å²) in [6, 6.07) is 8.40. The summed E-state index contributed by atoms with van der Waals surface area (Å²) in [5.74, 6) is 1.75. The molecule has 1 fully saturated rings. The number of hydrogen-bond acceptors (Lipinski definition) is 7. The van der Waals surface area contributed by atoms with Crippen LogP contribution in [-0.4, -0.2) is 47.5 Å². The molecule has 2 N–H and O–H groups in total. The minimum Gasteiger partial charge on any atom is -0.363 e. The van der Waals surface area contributed by atoms with Crippen LogP contribution in [0.2, 0.25) is 0 Å². The van der Waals surface area contributed by atoms with Crippen LogP contribution in [0.15, 0.2) is 42.6 Å². The quantitative estimate of drug-likeness (QED) is 0.380. The van der Waals surface area contributed by atoms with Gasteiger partial charge in [-0.25, -0.2) is 4.98 Å². The molecular formula is C22H28N6O3. The van der Waals surface area contributed by atoms with Gasteiger partial charge in [0.05, 0.1) is 4.92 Å². The molecule has 1 aliphatic rings.